The van der Waals surface area contributed by atoms with Crippen LogP contribution in [0.2, 0.25) is 0 Å². The van der Waals surface area contributed by atoms with Crippen LogP contribution in [0.25, 0.3) is 0 Å². The number of nitrogens with two attached hydrogens (primary N) is 2. The number of ether oxygens (including phenoxy) is 1. The zero-order chi connectivity index (χ0) is 19.8. The second-order valence-corrected chi connectivity index (χ2v) is 6.86. The minimum absolute atomic E-state index is 0.0743. The first kappa shape index (κ1) is 20.5. The maximum Gasteiger partial charge on any atom is 0.652 e. The quantitative estimate of drug-likeness (QED) is 0.667. The van der Waals surface area contributed by atoms with E-state index in [-0.39, 0.29) is 6.61 Å². The molecule has 0 aliphatic heterocycles. The average Bonchev–Trinajstić information content (AvgIpc) is 2.70. The highest BCUT2D eigenvalue weighted by Crippen LogP contribution is 2.35. The molecular weight excluding hydrogens is 369 g/mol. The molecule has 8 nitrogen and oxygen atoms in total. The van der Waals surface area contributed by atoms with Crippen LogP contribution in [0.3, 0.4) is 0 Å². The van der Waals surface area contributed by atoms with Gasteiger partial charge in [0.1, 0.15) is 6.61 Å². The first-order chi connectivity index (χ1) is 13.0. The third-order valence-electron chi connectivity index (χ3n) is 3.80. The molecule has 2 aromatic rings. The molecule has 3 unspecified atom stereocenters. The van der Waals surface area contributed by atoms with E-state index in [0.717, 1.165) is 12.7 Å². The first-order valence-corrected chi connectivity index (χ1v) is 9.19. The lowest BCUT2D eigenvalue weighted by molar-refractivity contribution is -0.122. The van der Waals surface area contributed by atoms with Gasteiger partial charge in [-0.2, -0.15) is 0 Å². The highest BCUT2D eigenvalue weighted by atomic mass is 31.1. The Kier molecular flexibility index (Phi) is 7.43. The molecule has 0 spiro atoms. The van der Waals surface area contributed by atoms with Crippen LogP contribution >= 0.6 is 8.18 Å². The SMILES string of the molecule is CO[P+](=O)N(C(=O)OCc1ccccc1)C(C(N)=O)C(N)c1ccccc1. The van der Waals surface area contributed by atoms with E-state index in [1.807, 2.05) is 6.07 Å². The Morgan fingerprint density at radius 1 is 1.07 bits per heavy atom. The van der Waals surface area contributed by atoms with E-state index < -0.39 is 32.3 Å². The summed E-state index contributed by atoms with van der Waals surface area (Å²) in [6, 6.07) is 15.1. The Morgan fingerprint density at radius 2 is 1.63 bits per heavy atom. The molecule has 0 aliphatic rings. The monoisotopic (exact) mass is 390 g/mol. The molecule has 0 saturated heterocycles. The van der Waals surface area contributed by atoms with E-state index in [2.05, 4.69) is 0 Å². The van der Waals surface area contributed by atoms with Gasteiger partial charge in [-0.3, -0.25) is 4.79 Å². The molecule has 0 radical (unpaired) electrons. The Labute approximate surface area is 158 Å². The normalized spacial score (nSPS) is 13.3. The van der Waals surface area contributed by atoms with Crippen molar-refractivity contribution in [1.82, 2.24) is 4.67 Å². The second kappa shape index (κ2) is 9.78. The van der Waals surface area contributed by atoms with Crippen molar-refractivity contribution in [3.05, 3.63) is 71.8 Å². The van der Waals surface area contributed by atoms with Gasteiger partial charge in [0.25, 0.3) is 0 Å². The third-order valence-corrected chi connectivity index (χ3v) is 4.88. The molecule has 0 aliphatic carbocycles. The topological polar surface area (TPSA) is 125 Å². The van der Waals surface area contributed by atoms with Gasteiger partial charge in [0.05, 0.1) is 13.2 Å². The van der Waals surface area contributed by atoms with Crippen molar-refractivity contribution < 1.29 is 23.4 Å². The predicted molar refractivity (Wildman–Crippen MR) is 99.4 cm³/mol. The Bertz CT molecular complexity index is 788. The molecule has 0 fully saturated rings. The number of rotatable bonds is 8. The number of benzene rings is 2. The number of nitrogens with zero attached hydrogens (tertiary/aromatic N) is 1. The van der Waals surface area contributed by atoms with Crippen LogP contribution in [0.1, 0.15) is 17.2 Å². The van der Waals surface area contributed by atoms with Gasteiger partial charge in [-0.15, -0.1) is 4.52 Å². The summed E-state index contributed by atoms with van der Waals surface area (Å²) >= 11 is 0. The minimum Gasteiger partial charge on any atom is -0.442 e. The maximum atomic E-state index is 12.6. The first-order valence-electron chi connectivity index (χ1n) is 8.06. The van der Waals surface area contributed by atoms with Crippen molar-refractivity contribution in [2.24, 2.45) is 11.5 Å². The van der Waals surface area contributed by atoms with Gasteiger partial charge in [-0.1, -0.05) is 65.3 Å². The van der Waals surface area contributed by atoms with Gasteiger partial charge < -0.3 is 16.2 Å². The van der Waals surface area contributed by atoms with Crippen molar-refractivity contribution in [3.8, 4) is 0 Å². The lowest BCUT2D eigenvalue weighted by Crippen LogP contribution is -2.50. The van der Waals surface area contributed by atoms with Crippen molar-refractivity contribution in [1.29, 1.82) is 0 Å². The zero-order valence-electron chi connectivity index (χ0n) is 14.7. The Morgan fingerprint density at radius 3 is 2.15 bits per heavy atom. The van der Waals surface area contributed by atoms with Crippen molar-refractivity contribution in [2.75, 3.05) is 7.11 Å². The Balaban J connectivity index is 2.26. The van der Waals surface area contributed by atoms with Crippen molar-refractivity contribution in [3.63, 3.8) is 0 Å². The van der Waals surface area contributed by atoms with E-state index in [1.54, 1.807) is 54.6 Å². The molecule has 0 aromatic heterocycles. The summed E-state index contributed by atoms with van der Waals surface area (Å²) in [5.74, 6) is -0.927. The summed E-state index contributed by atoms with van der Waals surface area (Å²) in [6.07, 6.45) is -1.02. The van der Waals surface area contributed by atoms with Gasteiger partial charge in [-0.25, -0.2) is 4.79 Å². The largest absolute Gasteiger partial charge is 0.652 e. The molecule has 142 valence electrons. The van der Waals surface area contributed by atoms with Crippen LogP contribution in [-0.4, -0.2) is 29.8 Å². The molecule has 0 bridgehead atoms. The molecule has 3 atom stereocenters. The van der Waals surface area contributed by atoms with E-state index in [4.69, 9.17) is 20.7 Å². The molecule has 0 heterocycles. The van der Waals surface area contributed by atoms with Gasteiger partial charge in [-0.05, 0) is 15.7 Å². The molecular formula is C18H21N3O5P+. The summed E-state index contributed by atoms with van der Waals surface area (Å²) < 4.78 is 22.9. The minimum atomic E-state index is -2.73. The molecule has 0 saturated carbocycles. The van der Waals surface area contributed by atoms with Crippen LogP contribution in [0, 0.1) is 0 Å². The number of carbonyl (C=O) groups excluding carboxylic acids is 2. The summed E-state index contributed by atoms with van der Waals surface area (Å²) in [5.41, 5.74) is 12.9. The third kappa shape index (κ3) is 5.34. The summed E-state index contributed by atoms with van der Waals surface area (Å²) in [7, 11) is -1.59. The summed E-state index contributed by atoms with van der Waals surface area (Å²) in [4.78, 5) is 24.6. The molecule has 2 aromatic carbocycles. The number of hydrogen-bond acceptors (Lipinski definition) is 6. The fourth-order valence-corrected chi connectivity index (χ4v) is 3.29. The van der Waals surface area contributed by atoms with Crippen molar-refractivity contribution >= 4 is 20.2 Å². The fraction of sp³-hybridized carbons (Fsp3) is 0.222. The highest BCUT2D eigenvalue weighted by Gasteiger charge is 2.48. The van der Waals surface area contributed by atoms with Crippen LogP contribution in [-0.2, 0) is 25.2 Å². The van der Waals surface area contributed by atoms with E-state index >= 15 is 0 Å². The molecule has 9 heteroatoms. The van der Waals surface area contributed by atoms with E-state index in [1.165, 1.54) is 0 Å². The second-order valence-electron chi connectivity index (χ2n) is 5.59. The van der Waals surface area contributed by atoms with Gasteiger partial charge in [0.15, 0.2) is 6.04 Å². The molecule has 2 amide bonds. The number of amides is 2. The maximum absolute atomic E-state index is 12.6. The number of primary amides is 1. The van der Waals surface area contributed by atoms with Gasteiger partial charge >= 0.3 is 14.3 Å². The zero-order valence-corrected chi connectivity index (χ0v) is 15.6. The lowest BCUT2D eigenvalue weighted by atomic mass is 10.00. The Hall–Kier alpha value is -2.80. The van der Waals surface area contributed by atoms with E-state index in [0.29, 0.717) is 10.2 Å². The van der Waals surface area contributed by atoms with Crippen LogP contribution in [0.15, 0.2) is 60.7 Å². The van der Waals surface area contributed by atoms with Crippen LogP contribution in [0.5, 0.6) is 0 Å². The summed E-state index contributed by atoms with van der Waals surface area (Å²) in [6.45, 7) is -0.0743. The lowest BCUT2D eigenvalue weighted by Gasteiger charge is -2.24. The van der Waals surface area contributed by atoms with Crippen molar-refractivity contribution in [2.45, 2.75) is 18.7 Å². The molecule has 2 rings (SSSR count). The molecule has 27 heavy (non-hydrogen) atoms. The van der Waals surface area contributed by atoms with Gasteiger partial charge in [0, 0.05) is 0 Å². The van der Waals surface area contributed by atoms with Crippen LogP contribution in [0.4, 0.5) is 4.79 Å². The van der Waals surface area contributed by atoms with Gasteiger partial charge in [0.2, 0.25) is 5.91 Å². The highest BCUT2D eigenvalue weighted by molar-refractivity contribution is 7.37. The standard InChI is InChI=1S/C18H20N3O5P/c1-25-27(24)21(18(23)26-12-13-8-4-2-5-9-13)16(17(20)22)15(19)14-10-6-3-7-11-14/h2-11,15-16H,12,19H2,1H3,(H-,20,22)/p+1. The molecule has 4 N–H and O–H groups in total. The van der Waals surface area contributed by atoms with Crippen LogP contribution < -0.4 is 11.5 Å². The average molecular weight is 390 g/mol. The smallest absolute Gasteiger partial charge is 0.442 e. The van der Waals surface area contributed by atoms with E-state index in [9.17, 15) is 14.2 Å². The number of hydrogen-bond donors (Lipinski definition) is 2. The summed E-state index contributed by atoms with van der Waals surface area (Å²) in [5, 5.41) is 0. The predicted octanol–water partition coefficient (Wildman–Crippen LogP) is 2.48. The fourth-order valence-electron chi connectivity index (χ4n) is 2.46. The number of carbonyl (C=O) groups is 2.